The first kappa shape index (κ1) is 10.7. The molecular weight excluding hydrogens is 278 g/mol. The second kappa shape index (κ2) is 3.97. The van der Waals surface area contributed by atoms with Crippen molar-refractivity contribution < 1.29 is 4.92 Å². The molecule has 0 aliphatic rings. The number of aromatic nitrogens is 4. The van der Waals surface area contributed by atoms with Gasteiger partial charge in [-0.1, -0.05) is 0 Å². The van der Waals surface area contributed by atoms with Crippen LogP contribution in [0.15, 0.2) is 23.3 Å². The molecule has 0 saturated heterocycles. The van der Waals surface area contributed by atoms with Crippen molar-refractivity contribution in [2.45, 2.75) is 6.92 Å². The number of hydrogen-bond donors (Lipinski definition) is 0. The van der Waals surface area contributed by atoms with Gasteiger partial charge >= 0.3 is 0 Å². The van der Waals surface area contributed by atoms with Gasteiger partial charge in [0.2, 0.25) is 0 Å². The van der Waals surface area contributed by atoms with Crippen LogP contribution in [-0.4, -0.2) is 24.7 Å². The molecule has 0 atom stereocenters. The third-order valence-corrected chi connectivity index (χ3v) is 3.00. The highest BCUT2D eigenvalue weighted by Gasteiger charge is 2.18. The van der Waals surface area contributed by atoms with E-state index in [2.05, 4.69) is 31.0 Å². The van der Waals surface area contributed by atoms with Crippen LogP contribution in [0.5, 0.6) is 0 Å². The fourth-order valence-corrected chi connectivity index (χ4v) is 1.70. The molecule has 0 N–H and O–H groups in total. The molecule has 2 aromatic rings. The van der Waals surface area contributed by atoms with Gasteiger partial charge in [-0.15, -0.1) is 0 Å². The van der Waals surface area contributed by atoms with Crippen LogP contribution in [0.4, 0.5) is 5.69 Å². The Morgan fingerprint density at radius 3 is 2.88 bits per heavy atom. The molecule has 2 aromatic heterocycles. The fraction of sp³-hybridized carbons (Fsp3) is 0.125. The summed E-state index contributed by atoms with van der Waals surface area (Å²) in [7, 11) is 0. The summed E-state index contributed by atoms with van der Waals surface area (Å²) in [6.45, 7) is 1.64. The molecule has 0 aromatic carbocycles. The zero-order chi connectivity index (χ0) is 11.7. The maximum atomic E-state index is 10.7. The summed E-state index contributed by atoms with van der Waals surface area (Å²) < 4.78 is 1.97. The molecule has 82 valence electrons. The summed E-state index contributed by atoms with van der Waals surface area (Å²) in [6.07, 6.45) is 4.04. The third kappa shape index (κ3) is 1.67. The van der Waals surface area contributed by atoms with Crippen LogP contribution in [0.25, 0.3) is 5.82 Å². The molecule has 0 aliphatic carbocycles. The topological polar surface area (TPSA) is 86.7 Å². The van der Waals surface area contributed by atoms with Gasteiger partial charge in [-0.3, -0.25) is 10.1 Å². The minimum absolute atomic E-state index is 0.0317. The Bertz CT molecular complexity index is 540. The van der Waals surface area contributed by atoms with E-state index in [0.717, 1.165) is 0 Å². The number of hydrogen-bond acceptors (Lipinski definition) is 5. The summed E-state index contributed by atoms with van der Waals surface area (Å²) in [5.74, 6) is 0.473. The molecule has 8 heteroatoms. The van der Waals surface area contributed by atoms with Crippen LogP contribution in [0.3, 0.4) is 0 Å². The van der Waals surface area contributed by atoms with Crippen LogP contribution in [0.2, 0.25) is 0 Å². The van der Waals surface area contributed by atoms with Crippen LogP contribution < -0.4 is 0 Å². The van der Waals surface area contributed by atoms with Crippen LogP contribution in [-0.2, 0) is 0 Å². The van der Waals surface area contributed by atoms with E-state index in [1.807, 2.05) is 0 Å². The molecule has 2 rings (SSSR count). The normalized spacial score (nSPS) is 10.4. The highest BCUT2D eigenvalue weighted by atomic mass is 79.9. The van der Waals surface area contributed by atoms with Gasteiger partial charge in [0.1, 0.15) is 18.9 Å². The molecule has 0 fully saturated rings. The first-order chi connectivity index (χ1) is 7.61. The van der Waals surface area contributed by atoms with E-state index in [9.17, 15) is 10.1 Å². The maximum Gasteiger partial charge on any atom is 0.291 e. The van der Waals surface area contributed by atoms with E-state index < -0.39 is 4.92 Å². The number of rotatable bonds is 2. The summed E-state index contributed by atoms with van der Waals surface area (Å²) in [6, 6.07) is 0. The van der Waals surface area contributed by atoms with Crippen molar-refractivity contribution in [2.24, 2.45) is 0 Å². The molecule has 0 amide bonds. The Balaban J connectivity index is 2.60. The van der Waals surface area contributed by atoms with E-state index in [1.54, 1.807) is 6.92 Å². The summed E-state index contributed by atoms with van der Waals surface area (Å²) in [5.41, 5.74) is 0.473. The Morgan fingerprint density at radius 2 is 2.31 bits per heavy atom. The minimum atomic E-state index is -0.474. The fourth-order valence-electron chi connectivity index (χ4n) is 1.22. The second-order valence-corrected chi connectivity index (χ2v) is 3.80. The van der Waals surface area contributed by atoms with Gasteiger partial charge in [0.05, 0.1) is 9.40 Å². The standard InChI is InChI=1S/C8H6BrN5O2/c1-5-6(14(15)16)2-11-8(7(5)9)13-4-10-3-12-13/h2-4H,1H3. The number of halogens is 1. The van der Waals surface area contributed by atoms with Crippen molar-refractivity contribution in [1.82, 2.24) is 19.7 Å². The first-order valence-corrected chi connectivity index (χ1v) is 5.05. The van der Waals surface area contributed by atoms with Crippen molar-refractivity contribution in [2.75, 3.05) is 0 Å². The van der Waals surface area contributed by atoms with Gasteiger partial charge in [0.25, 0.3) is 5.69 Å². The van der Waals surface area contributed by atoms with Crippen molar-refractivity contribution in [3.8, 4) is 5.82 Å². The van der Waals surface area contributed by atoms with E-state index in [4.69, 9.17) is 0 Å². The second-order valence-electron chi connectivity index (χ2n) is 3.00. The van der Waals surface area contributed by atoms with Crippen LogP contribution in [0, 0.1) is 17.0 Å². The number of pyridine rings is 1. The Hall–Kier alpha value is -1.83. The van der Waals surface area contributed by atoms with Gasteiger partial charge in [-0.05, 0) is 22.9 Å². The average molecular weight is 284 g/mol. The van der Waals surface area contributed by atoms with Crippen molar-refractivity contribution in [1.29, 1.82) is 0 Å². The SMILES string of the molecule is Cc1c([N+](=O)[O-])cnc(-n2cncn2)c1Br. The molecule has 0 aliphatic heterocycles. The zero-order valence-corrected chi connectivity index (χ0v) is 9.75. The highest BCUT2D eigenvalue weighted by molar-refractivity contribution is 9.10. The Kier molecular flexibility index (Phi) is 2.65. The lowest BCUT2D eigenvalue weighted by molar-refractivity contribution is -0.385. The van der Waals surface area contributed by atoms with Gasteiger partial charge in [0.15, 0.2) is 5.82 Å². The molecule has 7 nitrogen and oxygen atoms in total. The lowest BCUT2D eigenvalue weighted by Crippen LogP contribution is -2.03. The number of nitro groups is 1. The largest absolute Gasteiger partial charge is 0.291 e. The molecule has 0 saturated carbocycles. The molecule has 0 spiro atoms. The minimum Gasteiger partial charge on any atom is -0.258 e. The van der Waals surface area contributed by atoms with Crippen molar-refractivity contribution in [3.63, 3.8) is 0 Å². The highest BCUT2D eigenvalue weighted by Crippen LogP contribution is 2.28. The van der Waals surface area contributed by atoms with Gasteiger partial charge in [-0.2, -0.15) is 5.10 Å². The smallest absolute Gasteiger partial charge is 0.258 e. The van der Waals surface area contributed by atoms with E-state index in [-0.39, 0.29) is 5.69 Å². The van der Waals surface area contributed by atoms with Gasteiger partial charge in [0, 0.05) is 5.56 Å². The van der Waals surface area contributed by atoms with Crippen molar-refractivity contribution >= 4 is 21.6 Å². The molecule has 0 bridgehead atoms. The van der Waals surface area contributed by atoms with Crippen LogP contribution in [0.1, 0.15) is 5.56 Å². The molecular formula is C8H6BrN5O2. The first-order valence-electron chi connectivity index (χ1n) is 4.25. The van der Waals surface area contributed by atoms with Gasteiger partial charge in [-0.25, -0.2) is 14.6 Å². The maximum absolute atomic E-state index is 10.7. The van der Waals surface area contributed by atoms with E-state index in [0.29, 0.717) is 15.9 Å². The Morgan fingerprint density at radius 1 is 1.56 bits per heavy atom. The van der Waals surface area contributed by atoms with E-state index >= 15 is 0 Å². The van der Waals surface area contributed by atoms with Crippen LogP contribution >= 0.6 is 15.9 Å². The number of nitrogens with zero attached hydrogens (tertiary/aromatic N) is 5. The summed E-state index contributed by atoms with van der Waals surface area (Å²) in [5, 5.41) is 14.6. The lowest BCUT2D eigenvalue weighted by Gasteiger charge is -2.05. The predicted octanol–water partition coefficient (Wildman–Crippen LogP) is 1.64. The Labute approximate surface area is 98.4 Å². The monoisotopic (exact) mass is 283 g/mol. The predicted molar refractivity (Wildman–Crippen MR) is 58.2 cm³/mol. The average Bonchev–Trinajstić information content (AvgIpc) is 2.74. The zero-order valence-electron chi connectivity index (χ0n) is 8.16. The summed E-state index contributed by atoms with van der Waals surface area (Å²) in [4.78, 5) is 18.0. The van der Waals surface area contributed by atoms with Crippen molar-refractivity contribution in [3.05, 3.63) is 39.0 Å². The van der Waals surface area contributed by atoms with E-state index in [1.165, 1.54) is 23.5 Å². The molecule has 2 heterocycles. The summed E-state index contributed by atoms with van der Waals surface area (Å²) >= 11 is 3.27. The lowest BCUT2D eigenvalue weighted by atomic mass is 10.2. The third-order valence-electron chi connectivity index (χ3n) is 2.05. The molecule has 0 radical (unpaired) electrons. The van der Waals surface area contributed by atoms with Gasteiger partial charge < -0.3 is 0 Å². The molecule has 0 unspecified atom stereocenters. The molecule has 16 heavy (non-hydrogen) atoms. The quantitative estimate of drug-likeness (QED) is 0.618.